The van der Waals surface area contributed by atoms with Gasteiger partial charge in [-0.05, 0) is 69.1 Å². The molecule has 6 unspecified atom stereocenters. The predicted molar refractivity (Wildman–Crippen MR) is 80.0 cm³/mol. The SMILES string of the molecule is C=C1C2CCC(C)(C)CCC2CC2C(C)OC(C)C12. The Morgan fingerprint density at radius 2 is 1.79 bits per heavy atom. The zero-order valence-electron chi connectivity index (χ0n) is 13.1. The average molecular weight is 262 g/mol. The van der Waals surface area contributed by atoms with Crippen molar-refractivity contribution in [1.82, 2.24) is 0 Å². The molecule has 0 radical (unpaired) electrons. The maximum absolute atomic E-state index is 6.10. The Balaban J connectivity index is 1.83. The van der Waals surface area contributed by atoms with E-state index < -0.39 is 0 Å². The van der Waals surface area contributed by atoms with Crippen molar-refractivity contribution >= 4 is 0 Å². The molecular formula is C18H30O. The number of fused-ring (bicyclic) bond motifs is 2. The summed E-state index contributed by atoms with van der Waals surface area (Å²) in [5.74, 6) is 3.04. The monoisotopic (exact) mass is 262 g/mol. The fourth-order valence-electron chi connectivity index (χ4n) is 5.13. The molecule has 0 bridgehead atoms. The van der Waals surface area contributed by atoms with Crippen LogP contribution in [0.4, 0.5) is 0 Å². The normalized spacial score (nSPS) is 49.4. The van der Waals surface area contributed by atoms with Gasteiger partial charge in [0.2, 0.25) is 0 Å². The second kappa shape index (κ2) is 4.62. The van der Waals surface area contributed by atoms with Crippen LogP contribution in [0.5, 0.6) is 0 Å². The van der Waals surface area contributed by atoms with Gasteiger partial charge in [-0.1, -0.05) is 26.0 Å². The third-order valence-corrected chi connectivity index (χ3v) is 6.37. The minimum Gasteiger partial charge on any atom is -0.375 e. The first-order valence-corrected chi connectivity index (χ1v) is 8.23. The van der Waals surface area contributed by atoms with E-state index in [-0.39, 0.29) is 0 Å². The fraction of sp³-hybridized carbons (Fsp3) is 0.889. The van der Waals surface area contributed by atoms with Crippen molar-refractivity contribution in [3.05, 3.63) is 12.2 Å². The molecule has 1 heterocycles. The van der Waals surface area contributed by atoms with Crippen LogP contribution in [-0.2, 0) is 4.74 Å². The zero-order valence-corrected chi connectivity index (χ0v) is 13.1. The van der Waals surface area contributed by atoms with Crippen molar-refractivity contribution in [2.75, 3.05) is 0 Å². The average Bonchev–Trinajstić information content (AvgIpc) is 2.51. The lowest BCUT2D eigenvalue weighted by molar-refractivity contribution is 0.0512. The quantitative estimate of drug-likeness (QED) is 0.569. The summed E-state index contributed by atoms with van der Waals surface area (Å²) in [6.07, 6.45) is 7.75. The van der Waals surface area contributed by atoms with Crippen LogP contribution in [0, 0.1) is 29.1 Å². The maximum Gasteiger partial charge on any atom is 0.0619 e. The summed E-state index contributed by atoms with van der Waals surface area (Å²) in [4.78, 5) is 0. The summed E-state index contributed by atoms with van der Waals surface area (Å²) in [5, 5.41) is 0. The first-order chi connectivity index (χ1) is 8.89. The molecule has 3 aliphatic rings. The van der Waals surface area contributed by atoms with E-state index in [4.69, 9.17) is 4.74 Å². The highest BCUT2D eigenvalue weighted by Gasteiger charge is 2.49. The Bertz CT molecular complexity index is 370. The van der Waals surface area contributed by atoms with E-state index in [1.54, 1.807) is 0 Å². The molecule has 3 rings (SSSR count). The molecule has 2 saturated carbocycles. The number of hydrogen-bond donors (Lipinski definition) is 0. The van der Waals surface area contributed by atoms with Crippen molar-refractivity contribution in [2.24, 2.45) is 29.1 Å². The van der Waals surface area contributed by atoms with E-state index in [9.17, 15) is 0 Å². The van der Waals surface area contributed by atoms with Crippen molar-refractivity contribution in [3.8, 4) is 0 Å². The van der Waals surface area contributed by atoms with Gasteiger partial charge in [0, 0.05) is 5.92 Å². The van der Waals surface area contributed by atoms with Crippen LogP contribution in [-0.4, -0.2) is 12.2 Å². The van der Waals surface area contributed by atoms with E-state index in [0.29, 0.717) is 23.5 Å². The third kappa shape index (κ3) is 2.28. The van der Waals surface area contributed by atoms with Gasteiger partial charge in [-0.25, -0.2) is 0 Å². The molecule has 0 aromatic carbocycles. The molecule has 0 amide bonds. The Hall–Kier alpha value is -0.300. The molecule has 0 spiro atoms. The summed E-state index contributed by atoms with van der Waals surface area (Å²) in [6, 6.07) is 0. The lowest BCUT2D eigenvalue weighted by atomic mass is 9.63. The van der Waals surface area contributed by atoms with Gasteiger partial charge in [0.1, 0.15) is 0 Å². The lowest BCUT2D eigenvalue weighted by Crippen LogP contribution is -2.36. The molecule has 6 atom stereocenters. The van der Waals surface area contributed by atoms with Gasteiger partial charge < -0.3 is 4.74 Å². The second-order valence-electron chi connectivity index (χ2n) is 8.15. The maximum atomic E-state index is 6.10. The third-order valence-electron chi connectivity index (χ3n) is 6.37. The molecule has 19 heavy (non-hydrogen) atoms. The second-order valence-corrected chi connectivity index (χ2v) is 8.15. The van der Waals surface area contributed by atoms with Gasteiger partial charge in [0.25, 0.3) is 0 Å². The molecule has 0 N–H and O–H groups in total. The van der Waals surface area contributed by atoms with E-state index in [1.165, 1.54) is 37.7 Å². The molecule has 0 aromatic rings. The Morgan fingerprint density at radius 3 is 2.53 bits per heavy atom. The minimum atomic E-state index is 0.393. The van der Waals surface area contributed by atoms with Crippen molar-refractivity contribution in [2.45, 2.75) is 72.0 Å². The van der Waals surface area contributed by atoms with Crippen LogP contribution in [0.25, 0.3) is 0 Å². The lowest BCUT2D eigenvalue weighted by Gasteiger charge is -2.41. The van der Waals surface area contributed by atoms with Crippen LogP contribution in [0.15, 0.2) is 12.2 Å². The van der Waals surface area contributed by atoms with Gasteiger partial charge in [0.15, 0.2) is 0 Å². The molecule has 3 fully saturated rings. The standard InChI is InChI=1S/C18H30O/c1-11-15-7-9-18(4,5)8-6-14(15)10-16-12(2)19-13(3)17(11)16/h12-17H,1,6-10H2,2-5H3. The Labute approximate surface area is 118 Å². The van der Waals surface area contributed by atoms with Crippen LogP contribution < -0.4 is 0 Å². The van der Waals surface area contributed by atoms with Gasteiger partial charge in [0.05, 0.1) is 12.2 Å². The summed E-state index contributed by atoms with van der Waals surface area (Å²) < 4.78 is 6.10. The summed E-state index contributed by atoms with van der Waals surface area (Å²) in [5.41, 5.74) is 2.08. The molecule has 1 saturated heterocycles. The van der Waals surface area contributed by atoms with Crippen molar-refractivity contribution < 1.29 is 4.74 Å². The van der Waals surface area contributed by atoms with Gasteiger partial charge in [-0.15, -0.1) is 0 Å². The first-order valence-electron chi connectivity index (χ1n) is 8.23. The highest BCUT2D eigenvalue weighted by Crippen LogP contribution is 2.54. The Morgan fingerprint density at radius 1 is 1.11 bits per heavy atom. The van der Waals surface area contributed by atoms with Crippen LogP contribution >= 0.6 is 0 Å². The largest absolute Gasteiger partial charge is 0.375 e. The molecule has 2 aliphatic carbocycles. The van der Waals surface area contributed by atoms with E-state index in [1.807, 2.05) is 0 Å². The van der Waals surface area contributed by atoms with Crippen molar-refractivity contribution in [1.29, 1.82) is 0 Å². The fourth-order valence-corrected chi connectivity index (χ4v) is 5.13. The first kappa shape index (κ1) is 13.7. The van der Waals surface area contributed by atoms with Crippen molar-refractivity contribution in [3.63, 3.8) is 0 Å². The number of ether oxygens (including phenoxy) is 1. The summed E-state index contributed by atoms with van der Waals surface area (Å²) in [7, 11) is 0. The minimum absolute atomic E-state index is 0.393. The number of rotatable bonds is 0. The smallest absolute Gasteiger partial charge is 0.0619 e. The molecule has 0 aromatic heterocycles. The molecule has 108 valence electrons. The number of hydrogen-bond acceptors (Lipinski definition) is 1. The van der Waals surface area contributed by atoms with Crippen LogP contribution in [0.3, 0.4) is 0 Å². The van der Waals surface area contributed by atoms with Crippen LogP contribution in [0.2, 0.25) is 0 Å². The van der Waals surface area contributed by atoms with Gasteiger partial charge in [-0.2, -0.15) is 0 Å². The highest BCUT2D eigenvalue weighted by molar-refractivity contribution is 5.18. The zero-order chi connectivity index (χ0) is 13.8. The van der Waals surface area contributed by atoms with Gasteiger partial charge >= 0.3 is 0 Å². The molecule has 1 nitrogen and oxygen atoms in total. The van der Waals surface area contributed by atoms with Crippen LogP contribution in [0.1, 0.15) is 59.8 Å². The topological polar surface area (TPSA) is 9.23 Å². The van der Waals surface area contributed by atoms with E-state index in [0.717, 1.165) is 17.8 Å². The molecule has 1 aliphatic heterocycles. The van der Waals surface area contributed by atoms with E-state index >= 15 is 0 Å². The van der Waals surface area contributed by atoms with E-state index in [2.05, 4.69) is 34.3 Å². The highest BCUT2D eigenvalue weighted by atomic mass is 16.5. The summed E-state index contributed by atoms with van der Waals surface area (Å²) in [6.45, 7) is 14.0. The Kier molecular flexibility index (Phi) is 3.32. The summed E-state index contributed by atoms with van der Waals surface area (Å²) >= 11 is 0. The predicted octanol–water partition coefficient (Wildman–Crippen LogP) is 4.82. The molecular weight excluding hydrogens is 232 g/mol. The molecule has 1 heteroatoms. The van der Waals surface area contributed by atoms with Gasteiger partial charge in [-0.3, -0.25) is 0 Å².